The van der Waals surface area contributed by atoms with Crippen LogP contribution in [0.5, 0.6) is 5.75 Å². The molecule has 0 spiro atoms. The van der Waals surface area contributed by atoms with Crippen molar-refractivity contribution in [3.63, 3.8) is 0 Å². The van der Waals surface area contributed by atoms with E-state index in [0.717, 1.165) is 12.8 Å². The molecule has 0 aromatic heterocycles. The highest BCUT2D eigenvalue weighted by Crippen LogP contribution is 2.29. The van der Waals surface area contributed by atoms with Gasteiger partial charge in [-0.25, -0.2) is 8.42 Å². The minimum Gasteiger partial charge on any atom is -0.495 e. The van der Waals surface area contributed by atoms with Crippen molar-refractivity contribution in [3.05, 3.63) is 53.1 Å². The molecular formula is C20H22ClN3O5S. The fraction of sp³-hybridized carbons (Fsp3) is 0.300. The van der Waals surface area contributed by atoms with E-state index in [2.05, 4.69) is 10.6 Å². The number of methoxy groups -OCH3 is 1. The van der Waals surface area contributed by atoms with Crippen molar-refractivity contribution in [3.8, 4) is 5.75 Å². The molecule has 0 bridgehead atoms. The molecule has 30 heavy (non-hydrogen) atoms. The van der Waals surface area contributed by atoms with Crippen LogP contribution in [-0.4, -0.2) is 51.3 Å². The average Bonchev–Trinajstić information content (AvgIpc) is 3.29. The Kier molecular flexibility index (Phi) is 6.96. The average molecular weight is 452 g/mol. The van der Waals surface area contributed by atoms with Gasteiger partial charge in [-0.05, 0) is 55.3 Å². The summed E-state index contributed by atoms with van der Waals surface area (Å²) < 4.78 is 32.4. The lowest BCUT2D eigenvalue weighted by molar-refractivity contribution is -0.115. The summed E-state index contributed by atoms with van der Waals surface area (Å²) in [6, 6.07) is 10.7. The second-order valence-corrected chi connectivity index (χ2v) is 9.06. The largest absolute Gasteiger partial charge is 0.495 e. The van der Waals surface area contributed by atoms with Crippen LogP contribution in [0.4, 0.5) is 5.69 Å². The third kappa shape index (κ3) is 5.10. The highest BCUT2D eigenvalue weighted by molar-refractivity contribution is 7.89. The Morgan fingerprint density at radius 1 is 1.10 bits per heavy atom. The maximum atomic E-state index is 12.9. The van der Waals surface area contributed by atoms with Crippen LogP contribution in [0.1, 0.15) is 23.2 Å². The number of nitrogens with zero attached hydrogens (tertiary/aromatic N) is 1. The van der Waals surface area contributed by atoms with Crippen molar-refractivity contribution in [1.82, 2.24) is 9.62 Å². The zero-order valence-corrected chi connectivity index (χ0v) is 17.9. The van der Waals surface area contributed by atoms with Crippen molar-refractivity contribution < 1.29 is 22.7 Å². The lowest BCUT2D eigenvalue weighted by atomic mass is 10.2. The van der Waals surface area contributed by atoms with Gasteiger partial charge in [0.25, 0.3) is 5.91 Å². The van der Waals surface area contributed by atoms with Gasteiger partial charge >= 0.3 is 0 Å². The summed E-state index contributed by atoms with van der Waals surface area (Å²) in [5.74, 6) is -0.829. The first-order valence-electron chi connectivity index (χ1n) is 9.33. The molecule has 160 valence electrons. The van der Waals surface area contributed by atoms with Crippen LogP contribution in [0.25, 0.3) is 0 Å². The highest BCUT2D eigenvalue weighted by Gasteiger charge is 2.30. The fourth-order valence-corrected chi connectivity index (χ4v) is 4.91. The summed E-state index contributed by atoms with van der Waals surface area (Å²) in [5.41, 5.74) is 0.662. The molecule has 2 amide bonds. The monoisotopic (exact) mass is 451 g/mol. The van der Waals surface area contributed by atoms with E-state index in [1.165, 1.54) is 29.6 Å². The smallest absolute Gasteiger partial charge is 0.251 e. The number of amides is 2. The molecule has 2 N–H and O–H groups in total. The summed E-state index contributed by atoms with van der Waals surface area (Å²) in [6.07, 6.45) is 1.59. The molecule has 0 saturated carbocycles. The number of carbonyl (C=O) groups excluding carboxylic acids is 2. The van der Waals surface area contributed by atoms with Crippen LogP contribution < -0.4 is 15.4 Å². The Morgan fingerprint density at radius 3 is 2.40 bits per heavy atom. The number of anilines is 1. The molecule has 3 rings (SSSR count). The summed E-state index contributed by atoms with van der Waals surface area (Å²) in [6.45, 7) is 0.598. The SMILES string of the molecule is COc1ccc(C(=O)NCC(=O)Nc2ccc(Cl)cc2)cc1S(=O)(=O)N1CCCC1. The standard InChI is InChI=1S/C20H22ClN3O5S/c1-29-17-9-4-14(12-18(17)30(27,28)24-10-2-3-11-24)20(26)22-13-19(25)23-16-7-5-15(21)6-8-16/h4-9,12H,2-3,10-11,13H2,1H3,(H,22,26)(H,23,25). The minimum absolute atomic E-state index is 0.0647. The van der Waals surface area contributed by atoms with Crippen molar-refractivity contribution in [2.75, 3.05) is 32.1 Å². The van der Waals surface area contributed by atoms with Gasteiger partial charge in [0, 0.05) is 29.4 Å². The van der Waals surface area contributed by atoms with E-state index in [1.54, 1.807) is 24.3 Å². The van der Waals surface area contributed by atoms with Gasteiger partial charge in [-0.3, -0.25) is 9.59 Å². The third-order valence-corrected chi connectivity index (χ3v) is 6.82. The molecule has 2 aromatic rings. The first-order chi connectivity index (χ1) is 14.3. The zero-order chi connectivity index (χ0) is 21.7. The Hall–Kier alpha value is -2.62. The lowest BCUT2D eigenvalue weighted by Gasteiger charge is -2.18. The molecule has 0 atom stereocenters. The molecule has 8 nitrogen and oxygen atoms in total. The van der Waals surface area contributed by atoms with Gasteiger partial charge in [-0.1, -0.05) is 11.6 Å². The summed E-state index contributed by atoms with van der Waals surface area (Å²) >= 11 is 5.80. The van der Waals surface area contributed by atoms with E-state index < -0.39 is 21.8 Å². The van der Waals surface area contributed by atoms with Gasteiger partial charge < -0.3 is 15.4 Å². The number of ether oxygens (including phenoxy) is 1. The van der Waals surface area contributed by atoms with Crippen LogP contribution in [0.3, 0.4) is 0 Å². The molecule has 0 radical (unpaired) electrons. The summed E-state index contributed by atoms with van der Waals surface area (Å²) in [7, 11) is -2.40. The van der Waals surface area contributed by atoms with Crippen LogP contribution in [0.15, 0.2) is 47.4 Å². The molecule has 0 unspecified atom stereocenters. The molecule has 10 heteroatoms. The van der Waals surface area contributed by atoms with Gasteiger partial charge in [0.1, 0.15) is 10.6 Å². The molecule has 1 aliphatic heterocycles. The van der Waals surface area contributed by atoms with Gasteiger partial charge in [-0.15, -0.1) is 0 Å². The lowest BCUT2D eigenvalue weighted by Crippen LogP contribution is -2.33. The number of sulfonamides is 1. The first kappa shape index (κ1) is 22.1. The van der Waals surface area contributed by atoms with Crippen molar-refractivity contribution in [2.24, 2.45) is 0 Å². The number of rotatable bonds is 7. The highest BCUT2D eigenvalue weighted by atomic mass is 35.5. The molecule has 0 aliphatic carbocycles. The quantitative estimate of drug-likeness (QED) is 0.673. The van der Waals surface area contributed by atoms with Gasteiger partial charge in [0.2, 0.25) is 15.9 Å². The molecule has 1 aliphatic rings. The predicted octanol–water partition coefficient (Wildman–Crippen LogP) is 2.50. The molecular weight excluding hydrogens is 430 g/mol. The second-order valence-electron chi connectivity index (χ2n) is 6.71. The maximum Gasteiger partial charge on any atom is 0.251 e. The number of benzene rings is 2. The Labute approximate surface area is 180 Å². The van der Waals surface area contributed by atoms with E-state index in [9.17, 15) is 18.0 Å². The topological polar surface area (TPSA) is 105 Å². The predicted molar refractivity (Wildman–Crippen MR) is 113 cm³/mol. The van der Waals surface area contributed by atoms with E-state index >= 15 is 0 Å². The molecule has 1 saturated heterocycles. The maximum absolute atomic E-state index is 12.9. The van der Waals surface area contributed by atoms with E-state index in [4.69, 9.17) is 16.3 Å². The van der Waals surface area contributed by atoms with Crippen LogP contribution in [0, 0.1) is 0 Å². The van der Waals surface area contributed by atoms with Crippen LogP contribution >= 0.6 is 11.6 Å². The van der Waals surface area contributed by atoms with Gasteiger partial charge in [0.05, 0.1) is 13.7 Å². The number of hydrogen-bond donors (Lipinski definition) is 2. The number of nitrogens with one attached hydrogen (secondary N) is 2. The van der Waals surface area contributed by atoms with E-state index in [0.29, 0.717) is 23.8 Å². The van der Waals surface area contributed by atoms with E-state index in [-0.39, 0.29) is 22.8 Å². The van der Waals surface area contributed by atoms with Crippen molar-refractivity contribution in [2.45, 2.75) is 17.7 Å². The molecule has 1 fully saturated rings. The van der Waals surface area contributed by atoms with Crippen LogP contribution in [0.2, 0.25) is 5.02 Å². The number of carbonyl (C=O) groups is 2. The van der Waals surface area contributed by atoms with Gasteiger partial charge in [-0.2, -0.15) is 4.31 Å². The van der Waals surface area contributed by atoms with Crippen molar-refractivity contribution in [1.29, 1.82) is 0 Å². The third-order valence-electron chi connectivity index (χ3n) is 4.65. The fourth-order valence-electron chi connectivity index (χ4n) is 3.09. The molecule has 2 aromatic carbocycles. The summed E-state index contributed by atoms with van der Waals surface area (Å²) in [4.78, 5) is 24.5. The molecule has 1 heterocycles. The number of hydrogen-bond acceptors (Lipinski definition) is 5. The zero-order valence-electron chi connectivity index (χ0n) is 16.4. The van der Waals surface area contributed by atoms with Gasteiger partial charge in [0.15, 0.2) is 0 Å². The Morgan fingerprint density at radius 2 is 1.77 bits per heavy atom. The Balaban J connectivity index is 1.70. The minimum atomic E-state index is -3.77. The number of halogens is 1. The second kappa shape index (κ2) is 9.46. The normalized spacial score (nSPS) is 14.3. The van der Waals surface area contributed by atoms with Crippen molar-refractivity contribution >= 4 is 39.1 Å². The van der Waals surface area contributed by atoms with E-state index in [1.807, 2.05) is 0 Å². The summed E-state index contributed by atoms with van der Waals surface area (Å²) in [5, 5.41) is 5.66. The Bertz CT molecular complexity index is 1030. The van der Waals surface area contributed by atoms with Crippen LogP contribution in [-0.2, 0) is 14.8 Å². The first-order valence-corrected chi connectivity index (χ1v) is 11.1.